The lowest BCUT2D eigenvalue weighted by Gasteiger charge is -2.07. The van der Waals surface area contributed by atoms with Crippen LogP contribution in [0.25, 0.3) is 0 Å². The lowest BCUT2D eigenvalue weighted by Crippen LogP contribution is -2.33. The van der Waals surface area contributed by atoms with Crippen LogP contribution in [0.1, 0.15) is 13.3 Å². The largest absolute Gasteiger partial charge is 0.466 e. The molecule has 1 rings (SSSR count). The monoisotopic (exact) mass is 330 g/mol. The van der Waals surface area contributed by atoms with Crippen LogP contribution in [0.5, 0.6) is 0 Å². The number of pyridine rings is 1. The summed E-state index contributed by atoms with van der Waals surface area (Å²) in [7, 11) is 0. The Morgan fingerprint density at radius 3 is 2.84 bits per heavy atom. The molecule has 1 aromatic rings. The number of nitrogens with one attached hydrogen (secondary N) is 1. The van der Waals surface area contributed by atoms with E-state index in [-0.39, 0.29) is 36.9 Å². The van der Waals surface area contributed by atoms with Gasteiger partial charge in [0.25, 0.3) is 5.56 Å². The molecule has 0 aliphatic rings. The summed E-state index contributed by atoms with van der Waals surface area (Å²) in [6, 6.07) is 2.98. The fourth-order valence-electron chi connectivity index (χ4n) is 1.37. The van der Waals surface area contributed by atoms with E-state index in [4.69, 9.17) is 4.74 Å². The first-order valence-electron chi connectivity index (χ1n) is 5.81. The molecule has 7 heteroatoms. The van der Waals surface area contributed by atoms with Crippen molar-refractivity contribution in [2.45, 2.75) is 19.9 Å². The zero-order chi connectivity index (χ0) is 14.3. The Hall–Kier alpha value is -1.63. The number of hydrogen-bond acceptors (Lipinski definition) is 4. The van der Waals surface area contributed by atoms with Crippen LogP contribution in [0.4, 0.5) is 0 Å². The van der Waals surface area contributed by atoms with Crippen LogP contribution < -0.4 is 10.9 Å². The number of hydrogen-bond donors (Lipinski definition) is 1. The lowest BCUT2D eigenvalue weighted by atomic mass is 10.4. The van der Waals surface area contributed by atoms with E-state index in [1.807, 2.05) is 0 Å². The number of nitrogens with zero attached hydrogens (tertiary/aromatic N) is 1. The third kappa shape index (κ3) is 5.69. The van der Waals surface area contributed by atoms with Crippen molar-refractivity contribution in [3.8, 4) is 0 Å². The molecule has 1 heterocycles. The van der Waals surface area contributed by atoms with Gasteiger partial charge in [0, 0.05) is 23.3 Å². The molecule has 0 aliphatic heterocycles. The van der Waals surface area contributed by atoms with E-state index in [0.717, 1.165) is 0 Å². The van der Waals surface area contributed by atoms with Gasteiger partial charge in [-0.2, -0.15) is 0 Å². The van der Waals surface area contributed by atoms with Crippen molar-refractivity contribution < 1.29 is 14.3 Å². The number of rotatable bonds is 6. The summed E-state index contributed by atoms with van der Waals surface area (Å²) in [5, 5.41) is 2.55. The average Bonchev–Trinajstić information content (AvgIpc) is 2.34. The second-order valence-electron chi connectivity index (χ2n) is 3.72. The van der Waals surface area contributed by atoms with Crippen molar-refractivity contribution in [2.24, 2.45) is 0 Å². The van der Waals surface area contributed by atoms with Crippen molar-refractivity contribution in [1.29, 1.82) is 0 Å². The molecule has 1 amide bonds. The summed E-state index contributed by atoms with van der Waals surface area (Å²) >= 11 is 3.22. The van der Waals surface area contributed by atoms with Gasteiger partial charge < -0.3 is 14.6 Å². The highest BCUT2D eigenvalue weighted by molar-refractivity contribution is 9.10. The van der Waals surface area contributed by atoms with Gasteiger partial charge in [-0.3, -0.25) is 14.4 Å². The van der Waals surface area contributed by atoms with Gasteiger partial charge in [0.05, 0.1) is 13.0 Å². The Balaban J connectivity index is 2.41. The number of carbonyl (C=O) groups is 2. The maximum Gasteiger partial charge on any atom is 0.307 e. The van der Waals surface area contributed by atoms with Gasteiger partial charge >= 0.3 is 5.97 Å². The molecule has 0 radical (unpaired) electrons. The minimum Gasteiger partial charge on any atom is -0.466 e. The Morgan fingerprint density at radius 2 is 2.16 bits per heavy atom. The molecule has 0 saturated carbocycles. The molecule has 6 nitrogen and oxygen atoms in total. The first kappa shape index (κ1) is 15.4. The number of carbonyl (C=O) groups excluding carboxylic acids is 2. The molecule has 0 aromatic carbocycles. The first-order valence-corrected chi connectivity index (χ1v) is 6.60. The fraction of sp³-hybridized carbons (Fsp3) is 0.417. The molecular weight excluding hydrogens is 316 g/mol. The van der Waals surface area contributed by atoms with Crippen LogP contribution in [0.3, 0.4) is 0 Å². The summed E-state index contributed by atoms with van der Waals surface area (Å²) in [6.45, 7) is 2.15. The molecule has 0 atom stereocenters. The predicted molar refractivity (Wildman–Crippen MR) is 72.7 cm³/mol. The number of halogens is 1. The minimum absolute atomic E-state index is 0.0822. The number of aromatic nitrogens is 1. The maximum absolute atomic E-state index is 11.6. The highest BCUT2D eigenvalue weighted by Gasteiger charge is 2.06. The van der Waals surface area contributed by atoms with E-state index < -0.39 is 0 Å². The molecule has 104 valence electrons. The second kappa shape index (κ2) is 7.73. The van der Waals surface area contributed by atoms with Crippen LogP contribution in [0, 0.1) is 0 Å². The quantitative estimate of drug-likeness (QED) is 0.778. The highest BCUT2D eigenvalue weighted by atomic mass is 79.9. The van der Waals surface area contributed by atoms with E-state index >= 15 is 0 Å². The molecular formula is C12H15BrN2O4. The van der Waals surface area contributed by atoms with Gasteiger partial charge in [-0.15, -0.1) is 0 Å². The van der Waals surface area contributed by atoms with E-state index in [1.165, 1.54) is 16.8 Å². The van der Waals surface area contributed by atoms with Crippen molar-refractivity contribution in [3.05, 3.63) is 33.2 Å². The molecule has 1 N–H and O–H groups in total. The van der Waals surface area contributed by atoms with E-state index in [9.17, 15) is 14.4 Å². The van der Waals surface area contributed by atoms with Gasteiger partial charge in [-0.05, 0) is 28.9 Å². The molecule has 19 heavy (non-hydrogen) atoms. The van der Waals surface area contributed by atoms with Gasteiger partial charge in [0.15, 0.2) is 0 Å². The summed E-state index contributed by atoms with van der Waals surface area (Å²) in [5.74, 6) is -0.688. The zero-order valence-corrected chi connectivity index (χ0v) is 12.1. The Morgan fingerprint density at radius 1 is 1.42 bits per heavy atom. The van der Waals surface area contributed by atoms with Crippen LogP contribution in [0.2, 0.25) is 0 Å². The van der Waals surface area contributed by atoms with E-state index in [0.29, 0.717) is 11.1 Å². The SMILES string of the molecule is CCOC(=O)CCNC(=O)Cn1cc(Br)ccc1=O. The van der Waals surface area contributed by atoms with E-state index in [1.54, 1.807) is 13.0 Å². The third-order valence-electron chi connectivity index (χ3n) is 2.22. The standard InChI is InChI=1S/C12H15BrN2O4/c1-2-19-12(18)5-6-14-10(16)8-15-7-9(13)3-4-11(15)17/h3-4,7H,2,5-6,8H2,1H3,(H,14,16). The van der Waals surface area contributed by atoms with Crippen LogP contribution in [0.15, 0.2) is 27.6 Å². The van der Waals surface area contributed by atoms with Gasteiger partial charge in [-0.1, -0.05) is 0 Å². The Bertz CT molecular complexity index is 513. The van der Waals surface area contributed by atoms with Crippen molar-refractivity contribution in [1.82, 2.24) is 9.88 Å². The van der Waals surface area contributed by atoms with E-state index in [2.05, 4.69) is 21.2 Å². The predicted octanol–water partition coefficient (Wildman–Crippen LogP) is 0.680. The smallest absolute Gasteiger partial charge is 0.307 e. The third-order valence-corrected chi connectivity index (χ3v) is 2.69. The first-order chi connectivity index (χ1) is 9.02. The lowest BCUT2D eigenvalue weighted by molar-refractivity contribution is -0.143. The second-order valence-corrected chi connectivity index (χ2v) is 4.63. The molecule has 0 aliphatic carbocycles. The Labute approximate surface area is 118 Å². The molecule has 1 aromatic heterocycles. The zero-order valence-electron chi connectivity index (χ0n) is 10.5. The summed E-state index contributed by atoms with van der Waals surface area (Å²) < 4.78 is 6.72. The van der Waals surface area contributed by atoms with Crippen molar-refractivity contribution in [2.75, 3.05) is 13.2 Å². The van der Waals surface area contributed by atoms with Crippen LogP contribution in [-0.4, -0.2) is 29.6 Å². The van der Waals surface area contributed by atoms with Crippen LogP contribution >= 0.6 is 15.9 Å². The van der Waals surface area contributed by atoms with Gasteiger partial charge in [0.2, 0.25) is 5.91 Å². The Kier molecular flexibility index (Phi) is 6.27. The average molecular weight is 331 g/mol. The minimum atomic E-state index is -0.359. The fourth-order valence-corrected chi connectivity index (χ4v) is 1.75. The molecule has 0 unspecified atom stereocenters. The molecule has 0 saturated heterocycles. The number of esters is 1. The highest BCUT2D eigenvalue weighted by Crippen LogP contribution is 2.04. The summed E-state index contributed by atoms with van der Waals surface area (Å²) in [5.41, 5.74) is -0.260. The van der Waals surface area contributed by atoms with Gasteiger partial charge in [0.1, 0.15) is 6.54 Å². The van der Waals surface area contributed by atoms with Crippen molar-refractivity contribution >= 4 is 27.8 Å². The normalized spacial score (nSPS) is 10.0. The summed E-state index contributed by atoms with van der Waals surface area (Å²) in [4.78, 5) is 34.1. The number of amides is 1. The molecule has 0 spiro atoms. The molecule has 0 fully saturated rings. The topological polar surface area (TPSA) is 77.4 Å². The summed E-state index contributed by atoms with van der Waals surface area (Å²) in [6.07, 6.45) is 1.65. The number of ether oxygens (including phenoxy) is 1. The van der Waals surface area contributed by atoms with Gasteiger partial charge in [-0.25, -0.2) is 0 Å². The molecule has 0 bridgehead atoms. The van der Waals surface area contributed by atoms with Crippen LogP contribution in [-0.2, 0) is 20.9 Å². The van der Waals surface area contributed by atoms with Crippen molar-refractivity contribution in [3.63, 3.8) is 0 Å². The maximum atomic E-state index is 11.6.